The van der Waals surface area contributed by atoms with Gasteiger partial charge in [0, 0.05) is 23.5 Å². The minimum absolute atomic E-state index is 0.0363. The number of phenolic OH excluding ortho intramolecular Hbond substituents is 3. The van der Waals surface area contributed by atoms with E-state index in [2.05, 4.69) is 17.6 Å². The Hall–Kier alpha value is -3.42. The van der Waals surface area contributed by atoms with Gasteiger partial charge in [-0.25, -0.2) is 0 Å². The van der Waals surface area contributed by atoms with Crippen LogP contribution in [0.2, 0.25) is 0 Å². The van der Waals surface area contributed by atoms with Gasteiger partial charge in [0.25, 0.3) is 0 Å². The minimum atomic E-state index is -0.992. The van der Waals surface area contributed by atoms with E-state index in [4.69, 9.17) is 4.74 Å². The SMILES string of the molecule is CCCCCCCCCCCCCCCCCCOc1ccc(NC(=O)C(=O)Nc2cc(O)c(O)c(O)c2)cc1. The zero-order chi connectivity index (χ0) is 29.0. The number of benzene rings is 2. The van der Waals surface area contributed by atoms with Crippen LogP contribution in [0, 0.1) is 0 Å². The molecule has 2 amide bonds. The van der Waals surface area contributed by atoms with Crippen molar-refractivity contribution >= 4 is 23.2 Å². The lowest BCUT2D eigenvalue weighted by Crippen LogP contribution is -2.29. The number of carbonyl (C=O) groups excluding carboxylic acids is 2. The van der Waals surface area contributed by atoms with Crippen molar-refractivity contribution in [1.29, 1.82) is 0 Å². The molecule has 0 aliphatic heterocycles. The Bertz CT molecular complexity index is 986. The molecule has 8 nitrogen and oxygen atoms in total. The van der Waals surface area contributed by atoms with Crippen LogP contribution in [0.5, 0.6) is 23.0 Å². The molecule has 0 unspecified atom stereocenters. The predicted octanol–water partition coefficient (Wildman–Crippen LogP) is 8.02. The predicted molar refractivity (Wildman–Crippen MR) is 160 cm³/mol. The van der Waals surface area contributed by atoms with Crippen LogP contribution < -0.4 is 15.4 Å². The van der Waals surface area contributed by atoms with Crippen molar-refractivity contribution in [3.63, 3.8) is 0 Å². The number of hydrogen-bond donors (Lipinski definition) is 5. The number of amides is 2. The molecular formula is C32H48N2O6. The number of hydrogen-bond acceptors (Lipinski definition) is 6. The van der Waals surface area contributed by atoms with Crippen molar-refractivity contribution in [3.05, 3.63) is 36.4 Å². The fraction of sp³-hybridized carbons (Fsp3) is 0.562. The van der Waals surface area contributed by atoms with Gasteiger partial charge in [0.05, 0.1) is 6.61 Å². The Morgan fingerprint density at radius 3 is 1.45 bits per heavy atom. The molecule has 0 heterocycles. The second-order valence-electron chi connectivity index (χ2n) is 10.4. The first kappa shape index (κ1) is 32.8. The first-order valence-corrected chi connectivity index (χ1v) is 15.0. The first-order valence-electron chi connectivity index (χ1n) is 15.0. The van der Waals surface area contributed by atoms with E-state index in [1.165, 1.54) is 89.9 Å². The van der Waals surface area contributed by atoms with Crippen LogP contribution in [-0.2, 0) is 9.59 Å². The zero-order valence-corrected chi connectivity index (χ0v) is 24.1. The van der Waals surface area contributed by atoms with Gasteiger partial charge >= 0.3 is 11.8 Å². The molecule has 5 N–H and O–H groups in total. The molecule has 2 aromatic rings. The highest BCUT2D eigenvalue weighted by molar-refractivity contribution is 6.43. The van der Waals surface area contributed by atoms with Crippen molar-refractivity contribution in [2.45, 2.75) is 110 Å². The van der Waals surface area contributed by atoms with E-state index in [0.717, 1.165) is 25.0 Å². The molecule has 0 spiro atoms. The van der Waals surface area contributed by atoms with Crippen molar-refractivity contribution in [1.82, 2.24) is 0 Å². The Morgan fingerprint density at radius 1 is 0.600 bits per heavy atom. The lowest BCUT2D eigenvalue weighted by molar-refractivity contribution is -0.133. The van der Waals surface area contributed by atoms with Gasteiger partial charge in [-0.2, -0.15) is 0 Å². The first-order chi connectivity index (χ1) is 19.4. The van der Waals surface area contributed by atoms with E-state index in [9.17, 15) is 24.9 Å². The van der Waals surface area contributed by atoms with E-state index >= 15 is 0 Å². The highest BCUT2D eigenvalue weighted by Crippen LogP contribution is 2.37. The van der Waals surface area contributed by atoms with Gasteiger partial charge in [-0.05, 0) is 30.7 Å². The van der Waals surface area contributed by atoms with Crippen LogP contribution in [0.1, 0.15) is 110 Å². The molecule has 0 aliphatic carbocycles. The number of ether oxygens (including phenoxy) is 1. The summed E-state index contributed by atoms with van der Waals surface area (Å²) in [7, 11) is 0. The molecule has 0 saturated heterocycles. The number of rotatable bonds is 20. The van der Waals surface area contributed by atoms with E-state index < -0.39 is 29.1 Å². The monoisotopic (exact) mass is 556 g/mol. The van der Waals surface area contributed by atoms with Gasteiger partial charge in [-0.1, -0.05) is 103 Å². The quantitative estimate of drug-likeness (QED) is 0.0486. The van der Waals surface area contributed by atoms with Gasteiger partial charge in [-0.15, -0.1) is 0 Å². The normalized spacial score (nSPS) is 10.8. The van der Waals surface area contributed by atoms with Crippen LogP contribution in [-0.4, -0.2) is 33.7 Å². The molecule has 0 bridgehead atoms. The fourth-order valence-electron chi connectivity index (χ4n) is 4.53. The molecule has 0 radical (unpaired) electrons. The van der Waals surface area contributed by atoms with E-state index in [0.29, 0.717) is 18.0 Å². The molecule has 0 aromatic heterocycles. The number of unbranched alkanes of at least 4 members (excludes halogenated alkanes) is 15. The lowest BCUT2D eigenvalue weighted by atomic mass is 10.0. The van der Waals surface area contributed by atoms with Gasteiger partial charge < -0.3 is 30.7 Å². The molecule has 8 heteroatoms. The maximum atomic E-state index is 12.2. The third-order valence-corrected chi connectivity index (χ3v) is 6.91. The lowest BCUT2D eigenvalue weighted by Gasteiger charge is -2.10. The molecule has 222 valence electrons. The third-order valence-electron chi connectivity index (χ3n) is 6.91. The summed E-state index contributed by atoms with van der Waals surface area (Å²) in [5.74, 6) is -3.17. The summed E-state index contributed by atoms with van der Waals surface area (Å²) < 4.78 is 5.78. The van der Waals surface area contributed by atoms with Gasteiger partial charge in [0.2, 0.25) is 0 Å². The standard InChI is InChI=1S/C32H48N2O6/c1-2-3-4-5-6-7-8-9-10-11-12-13-14-15-16-17-22-40-27-20-18-25(19-21-27)33-31(38)32(39)34-26-23-28(35)30(37)29(36)24-26/h18-21,23-24,35-37H,2-17,22H2,1H3,(H,33,38)(H,34,39). The summed E-state index contributed by atoms with van der Waals surface area (Å²) in [6, 6.07) is 8.79. The number of anilines is 2. The molecule has 0 fully saturated rings. The van der Waals surface area contributed by atoms with Gasteiger partial charge in [0.15, 0.2) is 17.2 Å². The molecule has 2 rings (SSSR count). The summed E-state index contributed by atoms with van der Waals surface area (Å²) in [5.41, 5.74) is 0.386. The summed E-state index contributed by atoms with van der Waals surface area (Å²) >= 11 is 0. The molecule has 0 saturated carbocycles. The number of aromatic hydroxyl groups is 3. The molecule has 0 aliphatic rings. The maximum Gasteiger partial charge on any atom is 0.314 e. The van der Waals surface area contributed by atoms with Crippen molar-refractivity contribution < 1.29 is 29.6 Å². The highest BCUT2D eigenvalue weighted by atomic mass is 16.5. The Kier molecular flexibility index (Phi) is 16.1. The fourth-order valence-corrected chi connectivity index (χ4v) is 4.53. The maximum absolute atomic E-state index is 12.2. The van der Waals surface area contributed by atoms with E-state index in [1.54, 1.807) is 24.3 Å². The minimum Gasteiger partial charge on any atom is -0.504 e. The molecular weight excluding hydrogens is 508 g/mol. The van der Waals surface area contributed by atoms with Gasteiger partial charge in [-0.3, -0.25) is 9.59 Å². The topological polar surface area (TPSA) is 128 Å². The van der Waals surface area contributed by atoms with Crippen LogP contribution in [0.25, 0.3) is 0 Å². The third kappa shape index (κ3) is 13.6. The Morgan fingerprint density at radius 2 is 1.00 bits per heavy atom. The second kappa shape index (κ2) is 19.6. The number of carbonyl (C=O) groups is 2. The molecule has 2 aromatic carbocycles. The van der Waals surface area contributed by atoms with Crippen LogP contribution >= 0.6 is 0 Å². The summed E-state index contributed by atoms with van der Waals surface area (Å²) in [4.78, 5) is 24.3. The van der Waals surface area contributed by atoms with Gasteiger partial charge in [0.1, 0.15) is 5.75 Å². The van der Waals surface area contributed by atoms with Crippen LogP contribution in [0.3, 0.4) is 0 Å². The molecule has 40 heavy (non-hydrogen) atoms. The average Bonchev–Trinajstić information content (AvgIpc) is 2.94. The zero-order valence-electron chi connectivity index (χ0n) is 24.1. The van der Waals surface area contributed by atoms with Crippen LogP contribution in [0.4, 0.5) is 11.4 Å². The number of nitrogens with one attached hydrogen (secondary N) is 2. The summed E-state index contributed by atoms with van der Waals surface area (Å²) in [5, 5.41) is 33.1. The largest absolute Gasteiger partial charge is 0.504 e. The van der Waals surface area contributed by atoms with E-state index in [-0.39, 0.29) is 5.69 Å². The van der Waals surface area contributed by atoms with Crippen molar-refractivity contribution in [2.75, 3.05) is 17.2 Å². The Labute approximate surface area is 239 Å². The van der Waals surface area contributed by atoms with Crippen LogP contribution in [0.15, 0.2) is 36.4 Å². The summed E-state index contributed by atoms with van der Waals surface area (Å²) in [6.45, 7) is 2.91. The smallest absolute Gasteiger partial charge is 0.314 e. The summed E-state index contributed by atoms with van der Waals surface area (Å²) in [6.07, 6.45) is 21.3. The van der Waals surface area contributed by atoms with Crippen molar-refractivity contribution in [2.24, 2.45) is 0 Å². The van der Waals surface area contributed by atoms with E-state index in [1.807, 2.05) is 0 Å². The number of phenols is 3. The van der Waals surface area contributed by atoms with Crippen molar-refractivity contribution in [3.8, 4) is 23.0 Å². The molecule has 0 atom stereocenters. The average molecular weight is 557 g/mol. The second-order valence-corrected chi connectivity index (χ2v) is 10.4. The Balaban J connectivity index is 1.48. The highest BCUT2D eigenvalue weighted by Gasteiger charge is 2.16.